The third-order valence-electron chi connectivity index (χ3n) is 3.86. The van der Waals surface area contributed by atoms with Gasteiger partial charge in [0.15, 0.2) is 5.76 Å². The minimum absolute atomic E-state index is 0.116. The fourth-order valence-electron chi connectivity index (χ4n) is 2.31. The molecule has 0 saturated carbocycles. The van der Waals surface area contributed by atoms with Gasteiger partial charge in [-0.1, -0.05) is 57.3 Å². The van der Waals surface area contributed by atoms with E-state index in [0.717, 1.165) is 44.9 Å². The van der Waals surface area contributed by atoms with Gasteiger partial charge in [0.05, 0.1) is 6.10 Å². The number of unbranched alkanes of at least 4 members (excludes halogenated alkanes) is 6. The van der Waals surface area contributed by atoms with Crippen LogP contribution in [0, 0.1) is 0 Å². The van der Waals surface area contributed by atoms with Crippen LogP contribution in [0.3, 0.4) is 0 Å². The van der Waals surface area contributed by atoms with E-state index in [4.69, 9.17) is 5.11 Å². The summed E-state index contributed by atoms with van der Waals surface area (Å²) in [6, 6.07) is 0. The average Bonchev–Trinajstić information content (AvgIpc) is 2.57. The maximum atomic E-state index is 10.4. The average molecular weight is 354 g/mol. The van der Waals surface area contributed by atoms with Crippen LogP contribution in [0.4, 0.5) is 0 Å². The van der Waals surface area contributed by atoms with Gasteiger partial charge in [0, 0.05) is 12.8 Å². The van der Waals surface area contributed by atoms with Crippen LogP contribution >= 0.6 is 0 Å². The maximum absolute atomic E-state index is 10.4. The van der Waals surface area contributed by atoms with E-state index in [1.54, 1.807) is 6.08 Å². The third-order valence-corrected chi connectivity index (χ3v) is 3.86. The molecule has 0 saturated heterocycles. The van der Waals surface area contributed by atoms with Crippen molar-refractivity contribution in [3.05, 3.63) is 35.8 Å². The molecule has 0 aliphatic carbocycles. The van der Waals surface area contributed by atoms with Crippen molar-refractivity contribution in [2.45, 2.75) is 83.7 Å². The SMILES string of the molecule is CCCCCC(O)/C=C/C(O)=C(/O)C/C=C/CCCCCCC(=O)O. The quantitative estimate of drug-likeness (QED) is 0.140. The number of aliphatic hydroxyl groups excluding tert-OH is 3. The number of carboxylic acid groups (broad SMARTS) is 1. The lowest BCUT2D eigenvalue weighted by atomic mass is 10.1. The van der Waals surface area contributed by atoms with Gasteiger partial charge in [-0.2, -0.15) is 0 Å². The molecule has 0 spiro atoms. The molecule has 0 heterocycles. The maximum Gasteiger partial charge on any atom is 0.303 e. The molecule has 0 aromatic rings. The highest BCUT2D eigenvalue weighted by Crippen LogP contribution is 2.10. The molecule has 0 amide bonds. The Morgan fingerprint density at radius 1 is 0.960 bits per heavy atom. The minimum atomic E-state index is -0.746. The topological polar surface area (TPSA) is 98.0 Å². The fraction of sp³-hybridized carbons (Fsp3) is 0.650. The first kappa shape index (κ1) is 23.2. The Kier molecular flexibility index (Phi) is 14.7. The molecule has 1 atom stereocenters. The Labute approximate surface area is 151 Å². The Bertz CT molecular complexity index is 437. The molecule has 0 radical (unpaired) electrons. The number of carboxylic acids is 1. The molecule has 1 unspecified atom stereocenters. The van der Waals surface area contributed by atoms with Crippen molar-refractivity contribution in [3.8, 4) is 0 Å². The number of hydrogen-bond acceptors (Lipinski definition) is 4. The van der Waals surface area contributed by atoms with E-state index in [-0.39, 0.29) is 24.4 Å². The molecule has 144 valence electrons. The monoisotopic (exact) mass is 354 g/mol. The molecule has 0 aromatic carbocycles. The largest absolute Gasteiger partial charge is 0.508 e. The molecule has 0 aromatic heterocycles. The van der Waals surface area contributed by atoms with Crippen LogP contribution in [-0.4, -0.2) is 32.5 Å². The molecule has 25 heavy (non-hydrogen) atoms. The predicted molar refractivity (Wildman–Crippen MR) is 101 cm³/mol. The van der Waals surface area contributed by atoms with E-state index in [1.165, 1.54) is 12.2 Å². The third kappa shape index (κ3) is 15.5. The molecule has 5 heteroatoms. The van der Waals surface area contributed by atoms with Gasteiger partial charge in [0.25, 0.3) is 0 Å². The highest BCUT2D eigenvalue weighted by atomic mass is 16.4. The number of hydrogen-bond donors (Lipinski definition) is 4. The van der Waals surface area contributed by atoms with Gasteiger partial charge in [-0.05, 0) is 31.8 Å². The van der Waals surface area contributed by atoms with E-state index in [1.807, 2.05) is 6.08 Å². The molecular weight excluding hydrogens is 320 g/mol. The van der Waals surface area contributed by atoms with E-state index in [9.17, 15) is 20.1 Å². The fourth-order valence-corrected chi connectivity index (χ4v) is 2.31. The lowest BCUT2D eigenvalue weighted by molar-refractivity contribution is -0.137. The van der Waals surface area contributed by atoms with E-state index in [2.05, 4.69) is 6.92 Å². The lowest BCUT2D eigenvalue weighted by Crippen LogP contribution is -2.01. The van der Waals surface area contributed by atoms with Gasteiger partial charge in [-0.3, -0.25) is 4.79 Å². The van der Waals surface area contributed by atoms with E-state index in [0.29, 0.717) is 12.8 Å². The Hall–Kier alpha value is -1.75. The predicted octanol–water partition coefficient (Wildman–Crippen LogP) is 5.18. The molecule has 0 aliphatic heterocycles. The summed E-state index contributed by atoms with van der Waals surface area (Å²) in [7, 11) is 0. The van der Waals surface area contributed by atoms with Crippen molar-refractivity contribution in [1.82, 2.24) is 0 Å². The summed E-state index contributed by atoms with van der Waals surface area (Å²) < 4.78 is 0. The normalized spacial score (nSPS) is 14.2. The van der Waals surface area contributed by atoms with Crippen LogP contribution in [-0.2, 0) is 4.79 Å². The van der Waals surface area contributed by atoms with Crippen LogP contribution in [0.5, 0.6) is 0 Å². The first-order valence-electron chi connectivity index (χ1n) is 9.31. The lowest BCUT2D eigenvalue weighted by Gasteiger charge is -2.04. The molecule has 0 bridgehead atoms. The summed E-state index contributed by atoms with van der Waals surface area (Å²) >= 11 is 0. The van der Waals surface area contributed by atoms with Crippen molar-refractivity contribution < 1.29 is 25.2 Å². The Balaban J connectivity index is 3.90. The number of allylic oxidation sites excluding steroid dienone is 3. The van der Waals surface area contributed by atoms with Gasteiger partial charge in [-0.15, -0.1) is 0 Å². The first-order valence-corrected chi connectivity index (χ1v) is 9.31. The van der Waals surface area contributed by atoms with Gasteiger partial charge in [0.1, 0.15) is 5.76 Å². The molecular formula is C20H34O5. The zero-order valence-electron chi connectivity index (χ0n) is 15.4. The summed E-state index contributed by atoms with van der Waals surface area (Å²) in [5.74, 6) is -1.08. The van der Waals surface area contributed by atoms with Crippen LogP contribution in [0.25, 0.3) is 0 Å². The van der Waals surface area contributed by atoms with Gasteiger partial charge in [0.2, 0.25) is 0 Å². The second-order valence-corrected chi connectivity index (χ2v) is 6.28. The van der Waals surface area contributed by atoms with Crippen molar-refractivity contribution in [2.75, 3.05) is 0 Å². The molecule has 5 nitrogen and oxygen atoms in total. The Morgan fingerprint density at radius 3 is 2.36 bits per heavy atom. The second-order valence-electron chi connectivity index (χ2n) is 6.28. The van der Waals surface area contributed by atoms with Crippen molar-refractivity contribution in [1.29, 1.82) is 0 Å². The van der Waals surface area contributed by atoms with Crippen molar-refractivity contribution in [3.63, 3.8) is 0 Å². The molecule has 4 N–H and O–H groups in total. The van der Waals surface area contributed by atoms with E-state index < -0.39 is 12.1 Å². The zero-order valence-corrected chi connectivity index (χ0v) is 15.4. The van der Waals surface area contributed by atoms with Crippen LogP contribution in [0.1, 0.15) is 77.6 Å². The highest BCUT2D eigenvalue weighted by molar-refractivity contribution is 5.66. The number of rotatable bonds is 15. The standard InChI is InChI=1S/C20H34O5/c1-2-3-9-12-17(21)15-16-19(23)18(22)13-10-7-5-4-6-8-11-14-20(24)25/h7,10,15-17,21-23H,2-6,8-9,11-14H2,1H3,(H,24,25)/b10-7+,16-15+,19-18-. The molecule has 0 rings (SSSR count). The van der Waals surface area contributed by atoms with Crippen LogP contribution < -0.4 is 0 Å². The Morgan fingerprint density at radius 2 is 1.68 bits per heavy atom. The zero-order chi connectivity index (χ0) is 18.9. The summed E-state index contributed by atoms with van der Waals surface area (Å²) in [6.07, 6.45) is 14.7. The highest BCUT2D eigenvalue weighted by Gasteiger charge is 2.02. The summed E-state index contributed by atoms with van der Waals surface area (Å²) in [4.78, 5) is 10.4. The smallest absolute Gasteiger partial charge is 0.303 e. The number of carbonyl (C=O) groups is 1. The van der Waals surface area contributed by atoms with Crippen molar-refractivity contribution >= 4 is 5.97 Å². The van der Waals surface area contributed by atoms with E-state index >= 15 is 0 Å². The van der Waals surface area contributed by atoms with Crippen LogP contribution in [0.15, 0.2) is 35.8 Å². The minimum Gasteiger partial charge on any atom is -0.508 e. The first-order chi connectivity index (χ1) is 12.0. The summed E-state index contributed by atoms with van der Waals surface area (Å²) in [6.45, 7) is 2.10. The number of aliphatic carboxylic acids is 1. The summed E-state index contributed by atoms with van der Waals surface area (Å²) in [5, 5.41) is 37.7. The van der Waals surface area contributed by atoms with Gasteiger partial charge < -0.3 is 20.4 Å². The molecule has 0 fully saturated rings. The van der Waals surface area contributed by atoms with Crippen LogP contribution in [0.2, 0.25) is 0 Å². The second kappa shape index (κ2) is 15.8. The number of aliphatic hydroxyl groups is 3. The van der Waals surface area contributed by atoms with Crippen molar-refractivity contribution in [2.24, 2.45) is 0 Å². The summed E-state index contributed by atoms with van der Waals surface area (Å²) in [5.41, 5.74) is 0. The van der Waals surface area contributed by atoms with Gasteiger partial charge >= 0.3 is 5.97 Å². The van der Waals surface area contributed by atoms with Gasteiger partial charge in [-0.25, -0.2) is 0 Å². The molecule has 0 aliphatic rings.